The van der Waals surface area contributed by atoms with Crippen molar-refractivity contribution in [1.29, 1.82) is 0 Å². The third-order valence-electron chi connectivity index (χ3n) is 2.51. The molecule has 0 unspecified atom stereocenters. The lowest BCUT2D eigenvalue weighted by Gasteiger charge is -2.11. The molecular formula is C13H12FN3O2. The number of nitrogens with one attached hydrogen (secondary N) is 1. The summed E-state index contributed by atoms with van der Waals surface area (Å²) in [6, 6.07) is 6.15. The number of para-hydroxylation sites is 1. The Bertz CT molecular complexity index is 617. The van der Waals surface area contributed by atoms with Gasteiger partial charge in [0.1, 0.15) is 0 Å². The summed E-state index contributed by atoms with van der Waals surface area (Å²) in [5.41, 5.74) is 6.32. The quantitative estimate of drug-likeness (QED) is 0.829. The number of nitrogen functional groups attached to an aromatic ring is 1. The zero-order chi connectivity index (χ0) is 13.8. The zero-order valence-electron chi connectivity index (χ0n) is 10.2. The van der Waals surface area contributed by atoms with E-state index in [1.54, 1.807) is 18.2 Å². The predicted octanol–water partition coefficient (Wildman–Crippen LogP) is 2.06. The van der Waals surface area contributed by atoms with E-state index < -0.39 is 11.7 Å². The zero-order valence-corrected chi connectivity index (χ0v) is 10.2. The topological polar surface area (TPSA) is 77.2 Å². The number of carbonyl (C=O) groups is 1. The van der Waals surface area contributed by atoms with Crippen molar-refractivity contribution in [3.8, 4) is 5.75 Å². The Morgan fingerprint density at radius 2 is 2.21 bits per heavy atom. The number of halogens is 1. The monoisotopic (exact) mass is 261 g/mol. The molecule has 0 saturated carbocycles. The summed E-state index contributed by atoms with van der Waals surface area (Å²) in [6.07, 6.45) is 2.40. The van der Waals surface area contributed by atoms with E-state index >= 15 is 0 Å². The average Bonchev–Trinajstić information content (AvgIpc) is 2.41. The molecule has 0 atom stereocenters. The lowest BCUT2D eigenvalue weighted by Crippen LogP contribution is -2.15. The number of rotatable bonds is 3. The Labute approximate surface area is 109 Å². The van der Waals surface area contributed by atoms with Crippen LogP contribution in [0.5, 0.6) is 5.75 Å². The van der Waals surface area contributed by atoms with E-state index in [1.165, 1.54) is 19.4 Å². The van der Waals surface area contributed by atoms with Gasteiger partial charge in [0.05, 0.1) is 30.2 Å². The largest absolute Gasteiger partial charge is 0.494 e. The van der Waals surface area contributed by atoms with Crippen molar-refractivity contribution < 1.29 is 13.9 Å². The van der Waals surface area contributed by atoms with Gasteiger partial charge in [0.15, 0.2) is 11.6 Å². The van der Waals surface area contributed by atoms with Crippen molar-refractivity contribution in [3.05, 3.63) is 48.0 Å². The van der Waals surface area contributed by atoms with E-state index in [2.05, 4.69) is 10.3 Å². The molecule has 0 saturated heterocycles. The second-order valence-corrected chi connectivity index (χ2v) is 3.74. The van der Waals surface area contributed by atoms with Crippen molar-refractivity contribution in [2.24, 2.45) is 0 Å². The molecule has 3 N–H and O–H groups in total. The minimum atomic E-state index is -0.612. The van der Waals surface area contributed by atoms with Gasteiger partial charge in [-0.25, -0.2) is 4.39 Å². The molecule has 6 heteroatoms. The minimum absolute atomic E-state index is 0.0458. The maximum Gasteiger partial charge on any atom is 0.259 e. The molecule has 0 aliphatic heterocycles. The van der Waals surface area contributed by atoms with E-state index in [0.717, 1.165) is 6.20 Å². The van der Waals surface area contributed by atoms with Crippen LogP contribution in [0.2, 0.25) is 0 Å². The summed E-state index contributed by atoms with van der Waals surface area (Å²) >= 11 is 0. The number of hydrogen-bond donors (Lipinski definition) is 2. The maximum absolute atomic E-state index is 13.4. The van der Waals surface area contributed by atoms with Crippen LogP contribution in [-0.4, -0.2) is 18.0 Å². The average molecular weight is 261 g/mol. The van der Waals surface area contributed by atoms with Crippen LogP contribution in [-0.2, 0) is 0 Å². The van der Waals surface area contributed by atoms with Crippen molar-refractivity contribution >= 4 is 17.3 Å². The number of anilines is 2. The van der Waals surface area contributed by atoms with Crippen LogP contribution in [0.25, 0.3) is 0 Å². The van der Waals surface area contributed by atoms with Gasteiger partial charge in [-0.2, -0.15) is 0 Å². The lowest BCUT2D eigenvalue weighted by molar-refractivity contribution is 0.102. The molecule has 0 aliphatic rings. The van der Waals surface area contributed by atoms with Gasteiger partial charge in [-0.15, -0.1) is 0 Å². The predicted molar refractivity (Wildman–Crippen MR) is 69.6 cm³/mol. The highest BCUT2D eigenvalue weighted by Gasteiger charge is 2.15. The summed E-state index contributed by atoms with van der Waals surface area (Å²) in [5, 5.41) is 2.44. The third kappa shape index (κ3) is 2.62. The number of ether oxygens (including phenoxy) is 1. The summed E-state index contributed by atoms with van der Waals surface area (Å²) < 4.78 is 18.5. The SMILES string of the molecule is COc1c(N)cccc1C(=O)Nc1ccncc1F. The van der Waals surface area contributed by atoms with Gasteiger partial charge in [0.2, 0.25) is 0 Å². The maximum atomic E-state index is 13.4. The number of methoxy groups -OCH3 is 1. The third-order valence-corrected chi connectivity index (χ3v) is 2.51. The second kappa shape index (κ2) is 5.34. The fourth-order valence-corrected chi connectivity index (χ4v) is 1.63. The molecule has 0 fully saturated rings. The summed E-state index contributed by atoms with van der Waals surface area (Å²) in [5.74, 6) is -0.859. The van der Waals surface area contributed by atoms with Gasteiger partial charge in [0.25, 0.3) is 5.91 Å². The van der Waals surface area contributed by atoms with Crippen molar-refractivity contribution in [2.75, 3.05) is 18.2 Å². The highest BCUT2D eigenvalue weighted by Crippen LogP contribution is 2.26. The van der Waals surface area contributed by atoms with Gasteiger partial charge in [-0.1, -0.05) is 6.07 Å². The first-order chi connectivity index (χ1) is 9.13. The van der Waals surface area contributed by atoms with Crippen molar-refractivity contribution in [3.63, 3.8) is 0 Å². The molecule has 2 aromatic rings. The number of aromatic nitrogens is 1. The van der Waals surface area contributed by atoms with E-state index in [1.807, 2.05) is 0 Å². The van der Waals surface area contributed by atoms with Crippen molar-refractivity contribution in [2.45, 2.75) is 0 Å². The first kappa shape index (κ1) is 12.8. The number of hydrogen-bond acceptors (Lipinski definition) is 4. The molecule has 2 rings (SSSR count). The fourth-order valence-electron chi connectivity index (χ4n) is 1.63. The number of nitrogens with two attached hydrogens (primary N) is 1. The highest BCUT2D eigenvalue weighted by atomic mass is 19.1. The van der Waals surface area contributed by atoms with E-state index in [4.69, 9.17) is 10.5 Å². The molecular weight excluding hydrogens is 249 g/mol. The number of nitrogens with zero attached hydrogens (tertiary/aromatic N) is 1. The lowest BCUT2D eigenvalue weighted by atomic mass is 10.1. The fraction of sp³-hybridized carbons (Fsp3) is 0.0769. The Morgan fingerprint density at radius 3 is 2.89 bits per heavy atom. The second-order valence-electron chi connectivity index (χ2n) is 3.74. The Hall–Kier alpha value is -2.63. The molecule has 5 nitrogen and oxygen atoms in total. The summed E-state index contributed by atoms with van der Waals surface area (Å²) in [4.78, 5) is 15.7. The van der Waals surface area contributed by atoms with Crippen LogP contribution in [0, 0.1) is 5.82 Å². The van der Waals surface area contributed by atoms with Gasteiger partial charge in [0, 0.05) is 6.20 Å². The highest BCUT2D eigenvalue weighted by molar-refractivity contribution is 6.07. The minimum Gasteiger partial charge on any atom is -0.494 e. The summed E-state index contributed by atoms with van der Waals surface area (Å²) in [6.45, 7) is 0. The van der Waals surface area contributed by atoms with E-state index in [9.17, 15) is 9.18 Å². The molecule has 0 spiro atoms. The van der Waals surface area contributed by atoms with Crippen LogP contribution in [0.1, 0.15) is 10.4 Å². The first-order valence-corrected chi connectivity index (χ1v) is 5.47. The van der Waals surface area contributed by atoms with Crippen molar-refractivity contribution in [1.82, 2.24) is 4.98 Å². The first-order valence-electron chi connectivity index (χ1n) is 5.47. The molecule has 0 radical (unpaired) electrons. The van der Waals surface area contributed by atoms with Crippen LogP contribution in [0.3, 0.4) is 0 Å². The van der Waals surface area contributed by atoms with Crippen LogP contribution in [0.4, 0.5) is 15.8 Å². The number of pyridine rings is 1. The van der Waals surface area contributed by atoms with Gasteiger partial charge in [-0.05, 0) is 18.2 Å². The Balaban J connectivity index is 2.31. The molecule has 1 aromatic heterocycles. The normalized spacial score (nSPS) is 10.0. The van der Waals surface area contributed by atoms with Crippen LogP contribution in [0.15, 0.2) is 36.7 Å². The Kier molecular flexibility index (Phi) is 3.61. The molecule has 1 aromatic carbocycles. The molecule has 19 heavy (non-hydrogen) atoms. The Morgan fingerprint density at radius 1 is 1.42 bits per heavy atom. The van der Waals surface area contributed by atoms with Gasteiger partial charge >= 0.3 is 0 Å². The number of carbonyl (C=O) groups excluding carboxylic acids is 1. The van der Waals surface area contributed by atoms with Gasteiger partial charge < -0.3 is 15.8 Å². The molecule has 0 aliphatic carbocycles. The van der Waals surface area contributed by atoms with E-state index in [0.29, 0.717) is 5.69 Å². The number of benzene rings is 1. The van der Waals surface area contributed by atoms with E-state index in [-0.39, 0.29) is 17.0 Å². The standard InChI is InChI=1S/C13H12FN3O2/c1-19-12-8(3-2-4-10(12)15)13(18)17-11-5-6-16-7-9(11)14/h2-7H,15H2,1H3,(H,16,17,18). The summed E-state index contributed by atoms with van der Waals surface area (Å²) in [7, 11) is 1.41. The number of amides is 1. The van der Waals surface area contributed by atoms with Crippen LogP contribution < -0.4 is 15.8 Å². The molecule has 1 amide bonds. The van der Waals surface area contributed by atoms with Gasteiger partial charge in [-0.3, -0.25) is 9.78 Å². The molecule has 1 heterocycles. The van der Waals surface area contributed by atoms with Crippen LogP contribution >= 0.6 is 0 Å². The molecule has 98 valence electrons. The molecule has 0 bridgehead atoms. The smallest absolute Gasteiger partial charge is 0.259 e.